The third kappa shape index (κ3) is 2.84. The molecule has 0 radical (unpaired) electrons. The molecule has 0 aliphatic heterocycles. The molecule has 11 heteroatoms. The van der Waals surface area contributed by atoms with Crippen molar-refractivity contribution >= 4 is 22.9 Å². The first-order valence-corrected chi connectivity index (χ1v) is 8.16. The minimum absolute atomic E-state index is 0.0547. The summed E-state index contributed by atoms with van der Waals surface area (Å²) in [6, 6.07) is 6.71. The Morgan fingerprint density at radius 2 is 1.96 bits per heavy atom. The van der Waals surface area contributed by atoms with Crippen LogP contribution in [0.15, 0.2) is 46.2 Å². The third-order valence-electron chi connectivity index (χ3n) is 4.17. The van der Waals surface area contributed by atoms with Crippen LogP contribution in [-0.2, 0) is 14.1 Å². The SMILES string of the molecule is Cn1c(=O)c2cc(C(=O)Nc3n[nH]c(-c4ccccn4)n3)cnc2n(C)c1=O. The first-order chi connectivity index (χ1) is 13.5. The second kappa shape index (κ2) is 6.54. The second-order valence-electron chi connectivity index (χ2n) is 5.98. The molecule has 4 aromatic heterocycles. The Balaban J connectivity index is 1.66. The number of aromatic amines is 1. The van der Waals surface area contributed by atoms with Crippen LogP contribution in [0.4, 0.5) is 5.95 Å². The summed E-state index contributed by atoms with van der Waals surface area (Å²) in [4.78, 5) is 49.2. The largest absolute Gasteiger partial charge is 0.332 e. The maximum Gasteiger partial charge on any atom is 0.332 e. The van der Waals surface area contributed by atoms with Crippen LogP contribution in [-0.4, -0.2) is 40.2 Å². The molecule has 140 valence electrons. The van der Waals surface area contributed by atoms with Crippen molar-refractivity contribution in [1.82, 2.24) is 34.3 Å². The normalized spacial score (nSPS) is 10.9. The van der Waals surface area contributed by atoms with Gasteiger partial charge in [-0.3, -0.25) is 34.1 Å². The average Bonchev–Trinajstić information content (AvgIpc) is 3.19. The lowest BCUT2D eigenvalue weighted by Gasteiger charge is -2.07. The highest BCUT2D eigenvalue weighted by atomic mass is 16.2. The van der Waals surface area contributed by atoms with Gasteiger partial charge in [-0.25, -0.2) is 9.78 Å². The molecule has 2 N–H and O–H groups in total. The fourth-order valence-electron chi connectivity index (χ4n) is 2.70. The predicted molar refractivity (Wildman–Crippen MR) is 99.8 cm³/mol. The van der Waals surface area contributed by atoms with Gasteiger partial charge in [-0.05, 0) is 18.2 Å². The topological polar surface area (TPSA) is 140 Å². The first kappa shape index (κ1) is 17.3. The van der Waals surface area contributed by atoms with Gasteiger partial charge in [-0.2, -0.15) is 4.98 Å². The van der Waals surface area contributed by atoms with Crippen LogP contribution in [0.2, 0.25) is 0 Å². The van der Waals surface area contributed by atoms with E-state index in [4.69, 9.17) is 0 Å². The van der Waals surface area contributed by atoms with Gasteiger partial charge in [-0.1, -0.05) is 6.07 Å². The third-order valence-corrected chi connectivity index (χ3v) is 4.17. The van der Waals surface area contributed by atoms with Crippen LogP contribution < -0.4 is 16.6 Å². The quantitative estimate of drug-likeness (QED) is 0.514. The number of pyridine rings is 2. The number of fused-ring (bicyclic) bond motifs is 1. The van der Waals surface area contributed by atoms with Gasteiger partial charge in [0.2, 0.25) is 5.95 Å². The van der Waals surface area contributed by atoms with Crippen molar-refractivity contribution in [2.75, 3.05) is 5.32 Å². The molecule has 0 spiro atoms. The number of anilines is 1. The van der Waals surface area contributed by atoms with Crippen molar-refractivity contribution in [3.63, 3.8) is 0 Å². The van der Waals surface area contributed by atoms with Crippen LogP contribution in [0.5, 0.6) is 0 Å². The maximum atomic E-state index is 12.5. The molecule has 4 aromatic rings. The second-order valence-corrected chi connectivity index (χ2v) is 5.98. The van der Waals surface area contributed by atoms with E-state index in [0.717, 1.165) is 4.57 Å². The van der Waals surface area contributed by atoms with Crippen LogP contribution in [0.3, 0.4) is 0 Å². The highest BCUT2D eigenvalue weighted by Gasteiger charge is 2.15. The molecule has 0 atom stereocenters. The molecule has 0 bridgehead atoms. The van der Waals surface area contributed by atoms with Crippen LogP contribution in [0.25, 0.3) is 22.6 Å². The van der Waals surface area contributed by atoms with Crippen molar-refractivity contribution in [2.45, 2.75) is 0 Å². The molecule has 0 aliphatic carbocycles. The number of hydrogen-bond donors (Lipinski definition) is 2. The van der Waals surface area contributed by atoms with Crippen molar-refractivity contribution in [1.29, 1.82) is 0 Å². The highest BCUT2D eigenvalue weighted by Crippen LogP contribution is 2.13. The van der Waals surface area contributed by atoms with E-state index in [9.17, 15) is 14.4 Å². The standard InChI is InChI=1S/C17H14N8O3/c1-24-13-10(15(27)25(2)17(24)28)7-9(8-19-13)14(26)21-16-20-12(22-23-16)11-5-3-4-6-18-11/h3-8H,1-2H3,(H2,20,21,22,23,26). The number of carbonyl (C=O) groups excluding carboxylic acids is 1. The molecular weight excluding hydrogens is 364 g/mol. The Bertz CT molecular complexity index is 1320. The fraction of sp³-hybridized carbons (Fsp3) is 0.118. The number of hydrogen-bond acceptors (Lipinski definition) is 7. The summed E-state index contributed by atoms with van der Waals surface area (Å²) >= 11 is 0. The van der Waals surface area contributed by atoms with Gasteiger partial charge in [0.1, 0.15) is 11.3 Å². The lowest BCUT2D eigenvalue weighted by atomic mass is 10.2. The van der Waals surface area contributed by atoms with Gasteiger partial charge >= 0.3 is 5.69 Å². The molecule has 0 saturated carbocycles. The molecule has 11 nitrogen and oxygen atoms in total. The number of amides is 1. The fourth-order valence-corrected chi connectivity index (χ4v) is 2.70. The Morgan fingerprint density at radius 3 is 2.71 bits per heavy atom. The minimum atomic E-state index is -0.545. The lowest BCUT2D eigenvalue weighted by molar-refractivity contribution is 0.102. The number of aryl methyl sites for hydroxylation is 1. The molecule has 4 heterocycles. The molecular formula is C17H14N8O3. The Hall–Kier alpha value is -4.15. The van der Waals surface area contributed by atoms with Crippen molar-refractivity contribution in [3.8, 4) is 11.5 Å². The number of nitrogens with one attached hydrogen (secondary N) is 2. The van der Waals surface area contributed by atoms with Crippen molar-refractivity contribution in [2.24, 2.45) is 14.1 Å². The van der Waals surface area contributed by atoms with E-state index in [0.29, 0.717) is 11.5 Å². The van der Waals surface area contributed by atoms with E-state index in [-0.39, 0.29) is 22.5 Å². The van der Waals surface area contributed by atoms with E-state index in [1.807, 2.05) is 0 Å². The summed E-state index contributed by atoms with van der Waals surface area (Å²) in [5.41, 5.74) is -0.125. The zero-order valence-corrected chi connectivity index (χ0v) is 14.9. The minimum Gasteiger partial charge on any atom is -0.289 e. The van der Waals surface area contributed by atoms with E-state index >= 15 is 0 Å². The average molecular weight is 378 g/mol. The summed E-state index contributed by atoms with van der Waals surface area (Å²) < 4.78 is 2.20. The van der Waals surface area contributed by atoms with Crippen molar-refractivity contribution < 1.29 is 4.79 Å². The summed E-state index contributed by atoms with van der Waals surface area (Å²) in [5, 5.41) is 9.32. The van der Waals surface area contributed by atoms with E-state index < -0.39 is 17.2 Å². The molecule has 1 amide bonds. The van der Waals surface area contributed by atoms with E-state index in [1.54, 1.807) is 24.4 Å². The van der Waals surface area contributed by atoms with Gasteiger partial charge in [0.25, 0.3) is 11.5 Å². The lowest BCUT2D eigenvalue weighted by Crippen LogP contribution is -2.37. The molecule has 0 aliphatic rings. The van der Waals surface area contributed by atoms with Crippen LogP contribution in [0.1, 0.15) is 10.4 Å². The van der Waals surface area contributed by atoms with Gasteiger partial charge in [0, 0.05) is 26.5 Å². The number of nitrogens with zero attached hydrogens (tertiary/aromatic N) is 6. The van der Waals surface area contributed by atoms with E-state index in [1.165, 1.54) is 30.9 Å². The summed E-state index contributed by atoms with van der Waals surface area (Å²) in [7, 11) is 2.87. The smallest absolute Gasteiger partial charge is 0.289 e. The maximum absolute atomic E-state index is 12.5. The number of aromatic nitrogens is 7. The molecule has 28 heavy (non-hydrogen) atoms. The predicted octanol–water partition coefficient (Wildman–Crippen LogP) is 0.0646. The first-order valence-electron chi connectivity index (χ1n) is 8.16. The molecule has 0 unspecified atom stereocenters. The molecule has 4 rings (SSSR count). The van der Waals surface area contributed by atoms with Gasteiger partial charge in [-0.15, -0.1) is 5.10 Å². The number of carbonyl (C=O) groups is 1. The van der Waals surface area contributed by atoms with Gasteiger partial charge in [0.15, 0.2) is 5.82 Å². The number of rotatable bonds is 3. The Morgan fingerprint density at radius 1 is 1.14 bits per heavy atom. The van der Waals surface area contributed by atoms with Gasteiger partial charge < -0.3 is 0 Å². The monoisotopic (exact) mass is 378 g/mol. The summed E-state index contributed by atoms with van der Waals surface area (Å²) in [5.74, 6) is -0.0904. The Kier molecular flexibility index (Phi) is 4.03. The zero-order chi connectivity index (χ0) is 19.8. The Labute approximate surface area is 156 Å². The highest BCUT2D eigenvalue weighted by molar-refractivity contribution is 6.04. The molecule has 0 saturated heterocycles. The van der Waals surface area contributed by atoms with E-state index in [2.05, 4.69) is 30.5 Å². The van der Waals surface area contributed by atoms with Gasteiger partial charge in [0.05, 0.1) is 10.9 Å². The molecule has 0 fully saturated rings. The van der Waals surface area contributed by atoms with Crippen molar-refractivity contribution in [3.05, 3.63) is 63.1 Å². The summed E-state index contributed by atoms with van der Waals surface area (Å²) in [6.45, 7) is 0. The number of H-pyrrole nitrogens is 1. The zero-order valence-electron chi connectivity index (χ0n) is 14.9. The summed E-state index contributed by atoms with van der Waals surface area (Å²) in [6.07, 6.45) is 2.90. The van der Waals surface area contributed by atoms with Crippen LogP contribution in [0, 0.1) is 0 Å². The molecule has 0 aromatic carbocycles. The van der Waals surface area contributed by atoms with Crippen LogP contribution >= 0.6 is 0 Å².